The predicted molar refractivity (Wildman–Crippen MR) is 98.8 cm³/mol. The molecule has 25 heavy (non-hydrogen) atoms. The zero-order valence-corrected chi connectivity index (χ0v) is 13.3. The molecule has 0 fully saturated rings. The molecule has 0 saturated heterocycles. The number of anilines is 1. The number of hydrogen-bond donors (Lipinski definition) is 3. The Morgan fingerprint density at radius 1 is 1.08 bits per heavy atom. The van der Waals surface area contributed by atoms with E-state index in [1.807, 2.05) is 6.07 Å². The first-order valence-electron chi connectivity index (χ1n) is 7.44. The van der Waals surface area contributed by atoms with E-state index in [9.17, 15) is 9.18 Å². The minimum Gasteiger partial charge on any atom is -0.405 e. The van der Waals surface area contributed by atoms with Gasteiger partial charge in [0.1, 0.15) is 11.5 Å². The van der Waals surface area contributed by atoms with Crippen LogP contribution in [0.1, 0.15) is 0 Å². The molecular formula is C19H17FN4O. The Kier molecular flexibility index (Phi) is 6.36. The minimum atomic E-state index is -0.539. The van der Waals surface area contributed by atoms with E-state index in [4.69, 9.17) is 11.1 Å². The Balaban J connectivity index is 2.08. The highest BCUT2D eigenvalue weighted by Crippen LogP contribution is 2.11. The van der Waals surface area contributed by atoms with Gasteiger partial charge in [0, 0.05) is 18.0 Å². The summed E-state index contributed by atoms with van der Waals surface area (Å²) in [4.78, 5) is 16.4. The summed E-state index contributed by atoms with van der Waals surface area (Å²) in [5.74, 6) is -0.884. The van der Waals surface area contributed by atoms with Crippen molar-refractivity contribution in [2.24, 2.45) is 10.7 Å². The molecule has 0 spiro atoms. The number of rotatable bonds is 7. The molecule has 0 aliphatic rings. The molecule has 5 nitrogen and oxygen atoms in total. The molecule has 0 bridgehead atoms. The fraction of sp³-hybridized carbons (Fsp3) is 0. The van der Waals surface area contributed by atoms with Gasteiger partial charge in [0.15, 0.2) is 0 Å². The van der Waals surface area contributed by atoms with Crippen molar-refractivity contribution in [3.8, 4) is 0 Å². The average Bonchev–Trinajstić information content (AvgIpc) is 2.63. The number of halogens is 1. The Morgan fingerprint density at radius 2 is 1.76 bits per heavy atom. The van der Waals surface area contributed by atoms with E-state index < -0.39 is 5.78 Å². The predicted octanol–water partition coefficient (Wildman–Crippen LogP) is 3.59. The molecule has 2 aromatic rings. The van der Waals surface area contributed by atoms with Crippen molar-refractivity contribution in [1.29, 1.82) is 5.41 Å². The van der Waals surface area contributed by atoms with Crippen molar-refractivity contribution < 1.29 is 9.18 Å². The molecule has 0 saturated carbocycles. The number of hydrogen-bond acceptors (Lipinski definition) is 5. The van der Waals surface area contributed by atoms with Gasteiger partial charge in [-0.25, -0.2) is 9.38 Å². The van der Waals surface area contributed by atoms with Crippen LogP contribution in [0, 0.1) is 11.2 Å². The van der Waals surface area contributed by atoms with Crippen molar-refractivity contribution in [1.82, 2.24) is 0 Å². The van der Waals surface area contributed by atoms with Gasteiger partial charge in [-0.1, -0.05) is 18.2 Å². The van der Waals surface area contributed by atoms with Gasteiger partial charge >= 0.3 is 0 Å². The minimum absolute atomic E-state index is 0.158. The molecule has 0 heterocycles. The van der Waals surface area contributed by atoms with Crippen molar-refractivity contribution in [3.63, 3.8) is 0 Å². The van der Waals surface area contributed by atoms with Gasteiger partial charge in [-0.2, -0.15) is 0 Å². The Morgan fingerprint density at radius 3 is 2.40 bits per heavy atom. The standard InChI is InChI=1S/C19H17FN4O/c20-14-6-8-15(9-7-14)23-13-11-18(25)19(22)17(10-12-21)24-16-4-2-1-3-5-16/h1-13,22-23H,21H2. The summed E-state index contributed by atoms with van der Waals surface area (Å²) in [5, 5.41) is 10.8. The Labute approximate surface area is 144 Å². The van der Waals surface area contributed by atoms with Gasteiger partial charge in [-0.15, -0.1) is 0 Å². The summed E-state index contributed by atoms with van der Waals surface area (Å²) in [7, 11) is 0. The van der Waals surface area contributed by atoms with Crippen molar-refractivity contribution in [2.75, 3.05) is 5.32 Å². The van der Waals surface area contributed by atoms with Gasteiger partial charge < -0.3 is 11.1 Å². The second-order valence-electron chi connectivity index (χ2n) is 4.92. The maximum absolute atomic E-state index is 12.8. The van der Waals surface area contributed by atoms with Crippen LogP contribution in [0.5, 0.6) is 0 Å². The number of nitrogens with zero attached hydrogens (tertiary/aromatic N) is 1. The summed E-state index contributed by atoms with van der Waals surface area (Å²) in [6.45, 7) is 0. The first kappa shape index (κ1) is 17.8. The molecule has 0 radical (unpaired) electrons. The van der Waals surface area contributed by atoms with Gasteiger partial charge in [0.2, 0.25) is 5.78 Å². The third-order valence-corrected chi connectivity index (χ3v) is 3.09. The number of allylic oxidation sites excluding steroid dienone is 2. The number of nitrogens with two attached hydrogens (primary N) is 1. The largest absolute Gasteiger partial charge is 0.405 e. The van der Waals surface area contributed by atoms with Gasteiger partial charge in [0.25, 0.3) is 0 Å². The molecular weight excluding hydrogens is 319 g/mol. The number of para-hydroxylation sites is 1. The van der Waals surface area contributed by atoms with Crippen LogP contribution in [0.3, 0.4) is 0 Å². The molecule has 0 unspecified atom stereocenters. The van der Waals surface area contributed by atoms with Crippen LogP contribution in [-0.2, 0) is 4.79 Å². The van der Waals surface area contributed by atoms with Crippen LogP contribution in [-0.4, -0.2) is 17.2 Å². The lowest BCUT2D eigenvalue weighted by atomic mass is 10.1. The second-order valence-corrected chi connectivity index (χ2v) is 4.92. The zero-order chi connectivity index (χ0) is 18.1. The Hall–Kier alpha value is -3.54. The smallest absolute Gasteiger partial charge is 0.207 e. The molecule has 126 valence electrons. The SMILES string of the molecule is N=C(C(=O)C=CNc1ccc(F)cc1)C(C=CN)=Nc1ccccc1. The number of benzene rings is 2. The fourth-order valence-corrected chi connectivity index (χ4v) is 1.88. The average molecular weight is 336 g/mol. The molecule has 0 aliphatic carbocycles. The summed E-state index contributed by atoms with van der Waals surface area (Å²) in [6, 6.07) is 14.7. The summed E-state index contributed by atoms with van der Waals surface area (Å²) in [5.41, 5.74) is 6.48. The second kappa shape index (κ2) is 8.93. The molecule has 4 N–H and O–H groups in total. The molecule has 0 aliphatic heterocycles. The van der Waals surface area contributed by atoms with E-state index in [1.54, 1.807) is 24.3 Å². The van der Waals surface area contributed by atoms with Gasteiger partial charge in [-0.05, 0) is 48.7 Å². The normalized spacial score (nSPS) is 11.8. The van der Waals surface area contributed by atoms with Gasteiger partial charge in [-0.3, -0.25) is 10.2 Å². The zero-order valence-electron chi connectivity index (χ0n) is 13.3. The molecule has 0 atom stereocenters. The molecule has 2 rings (SSSR count). The summed E-state index contributed by atoms with van der Waals surface area (Å²) >= 11 is 0. The molecule has 2 aromatic carbocycles. The first-order valence-corrected chi connectivity index (χ1v) is 7.44. The van der Waals surface area contributed by atoms with Crippen molar-refractivity contribution in [3.05, 3.63) is 85.0 Å². The fourth-order valence-electron chi connectivity index (χ4n) is 1.88. The van der Waals surface area contributed by atoms with Crippen LogP contribution in [0.15, 0.2) is 84.1 Å². The number of ketones is 1. The highest BCUT2D eigenvalue weighted by atomic mass is 19.1. The van der Waals surface area contributed by atoms with Crippen molar-refractivity contribution >= 4 is 28.6 Å². The van der Waals surface area contributed by atoms with Gasteiger partial charge in [0.05, 0.1) is 11.4 Å². The Bertz CT molecular complexity index is 824. The van der Waals surface area contributed by atoms with Crippen LogP contribution in [0.4, 0.5) is 15.8 Å². The van der Waals surface area contributed by atoms with E-state index >= 15 is 0 Å². The molecule has 6 heteroatoms. The highest BCUT2D eigenvalue weighted by Gasteiger charge is 2.11. The van der Waals surface area contributed by atoms with E-state index in [0.717, 1.165) is 0 Å². The van der Waals surface area contributed by atoms with E-state index in [-0.39, 0.29) is 17.2 Å². The van der Waals surface area contributed by atoms with Crippen LogP contribution < -0.4 is 11.1 Å². The first-order chi connectivity index (χ1) is 12.1. The quantitative estimate of drug-likeness (QED) is 0.533. The van der Waals surface area contributed by atoms with Crippen LogP contribution >= 0.6 is 0 Å². The lowest BCUT2D eigenvalue weighted by Gasteiger charge is -2.02. The maximum Gasteiger partial charge on any atom is 0.207 e. The number of carbonyl (C=O) groups is 1. The number of aliphatic imine (C=N–C) groups is 1. The monoisotopic (exact) mass is 336 g/mol. The third-order valence-electron chi connectivity index (χ3n) is 3.09. The molecule has 0 aromatic heterocycles. The molecule has 0 amide bonds. The third kappa shape index (κ3) is 5.54. The van der Waals surface area contributed by atoms with Crippen LogP contribution in [0.2, 0.25) is 0 Å². The highest BCUT2D eigenvalue weighted by molar-refractivity contribution is 6.70. The van der Waals surface area contributed by atoms with E-state index in [1.165, 1.54) is 48.8 Å². The van der Waals surface area contributed by atoms with E-state index in [2.05, 4.69) is 10.3 Å². The van der Waals surface area contributed by atoms with Crippen molar-refractivity contribution in [2.45, 2.75) is 0 Å². The number of nitrogens with one attached hydrogen (secondary N) is 2. The topological polar surface area (TPSA) is 91.3 Å². The summed E-state index contributed by atoms with van der Waals surface area (Å²) < 4.78 is 12.8. The lowest BCUT2D eigenvalue weighted by molar-refractivity contribution is -0.108. The number of carbonyl (C=O) groups excluding carboxylic acids is 1. The summed E-state index contributed by atoms with van der Waals surface area (Å²) in [6.07, 6.45) is 5.21. The maximum atomic E-state index is 12.8. The lowest BCUT2D eigenvalue weighted by Crippen LogP contribution is -2.20. The van der Waals surface area contributed by atoms with Crippen LogP contribution in [0.25, 0.3) is 0 Å². The van der Waals surface area contributed by atoms with E-state index in [0.29, 0.717) is 11.4 Å².